The average Bonchev–Trinajstić information content (AvgIpc) is 2.62. The molecular weight excluding hydrogens is 230 g/mol. The molecule has 0 saturated heterocycles. The van der Waals surface area contributed by atoms with Gasteiger partial charge in [-0.05, 0) is 12.1 Å². The van der Waals surface area contributed by atoms with Crippen molar-refractivity contribution < 1.29 is 4.79 Å². The second kappa shape index (κ2) is 4.91. The van der Waals surface area contributed by atoms with E-state index in [9.17, 15) is 9.59 Å². The van der Waals surface area contributed by atoms with E-state index in [2.05, 4.69) is 11.9 Å². The van der Waals surface area contributed by atoms with Gasteiger partial charge in [-0.25, -0.2) is 4.79 Å². The van der Waals surface area contributed by atoms with Crippen molar-refractivity contribution in [1.82, 2.24) is 14.5 Å². The summed E-state index contributed by atoms with van der Waals surface area (Å²) >= 11 is 0. The number of amides is 1. The average molecular weight is 245 g/mol. The van der Waals surface area contributed by atoms with Crippen LogP contribution in [0.15, 0.2) is 41.7 Å². The van der Waals surface area contributed by atoms with Crippen LogP contribution in [0.4, 0.5) is 0 Å². The molecule has 94 valence electrons. The molecule has 0 radical (unpaired) electrons. The number of benzene rings is 1. The van der Waals surface area contributed by atoms with Gasteiger partial charge in [-0.2, -0.15) is 0 Å². The lowest BCUT2D eigenvalue weighted by molar-refractivity contribution is -0.121. The molecule has 1 aromatic carbocycles. The topological polar surface area (TPSA) is 56.0 Å². The number of para-hydroxylation sites is 2. The van der Waals surface area contributed by atoms with Gasteiger partial charge >= 0.3 is 5.69 Å². The van der Waals surface area contributed by atoms with Gasteiger partial charge in [0.15, 0.2) is 0 Å². The molecule has 0 aliphatic heterocycles. The highest BCUT2D eigenvalue weighted by Gasteiger charge is 2.12. The van der Waals surface area contributed by atoms with Crippen molar-refractivity contribution in [3.8, 4) is 0 Å². The fourth-order valence-corrected chi connectivity index (χ4v) is 1.90. The monoisotopic (exact) mass is 245 g/mol. The summed E-state index contributed by atoms with van der Waals surface area (Å²) in [6.45, 7) is 3.95. The van der Waals surface area contributed by atoms with E-state index in [0.29, 0.717) is 6.54 Å². The first-order valence-electron chi connectivity index (χ1n) is 5.67. The van der Waals surface area contributed by atoms with E-state index in [1.807, 2.05) is 24.3 Å². The zero-order valence-electron chi connectivity index (χ0n) is 10.2. The first-order chi connectivity index (χ1) is 8.65. The Morgan fingerprint density at radius 1 is 1.39 bits per heavy atom. The minimum atomic E-state index is -0.201. The van der Waals surface area contributed by atoms with Gasteiger partial charge in [-0.3, -0.25) is 13.9 Å². The zero-order chi connectivity index (χ0) is 13.1. The third-order valence-electron chi connectivity index (χ3n) is 2.80. The largest absolute Gasteiger partial charge is 0.351 e. The Bertz CT molecular complexity index is 652. The Balaban J connectivity index is 2.39. The van der Waals surface area contributed by atoms with Crippen LogP contribution in [0, 0.1) is 0 Å². The molecule has 1 aromatic heterocycles. The van der Waals surface area contributed by atoms with E-state index in [1.165, 1.54) is 9.13 Å². The maximum atomic E-state index is 12.0. The first-order valence-corrected chi connectivity index (χ1v) is 5.67. The first kappa shape index (κ1) is 12.2. The molecule has 2 aromatic rings. The molecule has 18 heavy (non-hydrogen) atoms. The molecule has 2 rings (SSSR count). The molecule has 5 heteroatoms. The van der Waals surface area contributed by atoms with E-state index in [0.717, 1.165) is 11.0 Å². The number of fused-ring (bicyclic) bond motifs is 1. The van der Waals surface area contributed by atoms with Gasteiger partial charge in [0.25, 0.3) is 0 Å². The summed E-state index contributed by atoms with van der Waals surface area (Å²) in [5, 5.41) is 2.66. The molecule has 1 N–H and O–H groups in total. The summed E-state index contributed by atoms with van der Waals surface area (Å²) in [5.41, 5.74) is 1.39. The standard InChI is InChI=1S/C13H15N3O2/c1-3-8-14-12(17)9-16-11-7-5-4-6-10(11)15(2)13(16)18/h3-7H,1,8-9H2,2H3,(H,14,17). The molecular formula is C13H15N3O2. The molecule has 5 nitrogen and oxygen atoms in total. The van der Waals surface area contributed by atoms with E-state index in [4.69, 9.17) is 0 Å². The number of carbonyl (C=O) groups excluding carboxylic acids is 1. The van der Waals surface area contributed by atoms with Gasteiger partial charge in [0.1, 0.15) is 6.54 Å². The lowest BCUT2D eigenvalue weighted by atomic mass is 10.3. The fraction of sp³-hybridized carbons (Fsp3) is 0.231. The van der Waals surface area contributed by atoms with Crippen molar-refractivity contribution in [2.24, 2.45) is 7.05 Å². The zero-order valence-corrected chi connectivity index (χ0v) is 10.2. The van der Waals surface area contributed by atoms with Crippen molar-refractivity contribution in [2.75, 3.05) is 6.54 Å². The van der Waals surface area contributed by atoms with Crippen LogP contribution >= 0.6 is 0 Å². The number of hydrogen-bond acceptors (Lipinski definition) is 2. The predicted octanol–water partition coefficient (Wildman–Crippen LogP) is 0.642. The van der Waals surface area contributed by atoms with Crippen molar-refractivity contribution >= 4 is 16.9 Å². The molecule has 0 fully saturated rings. The van der Waals surface area contributed by atoms with Crippen LogP contribution in [0.25, 0.3) is 11.0 Å². The third kappa shape index (κ3) is 2.07. The lowest BCUT2D eigenvalue weighted by Crippen LogP contribution is -2.32. The Labute approximate surface area is 104 Å². The van der Waals surface area contributed by atoms with Gasteiger partial charge in [0.05, 0.1) is 11.0 Å². The number of carbonyl (C=O) groups is 1. The molecule has 0 aliphatic carbocycles. The van der Waals surface area contributed by atoms with Gasteiger partial charge in [0, 0.05) is 13.6 Å². The Morgan fingerprint density at radius 2 is 2.06 bits per heavy atom. The SMILES string of the molecule is C=CCNC(=O)Cn1c(=O)n(C)c2ccccc21. The number of aryl methyl sites for hydroxylation is 1. The molecule has 1 amide bonds. The van der Waals surface area contributed by atoms with E-state index in [-0.39, 0.29) is 18.1 Å². The number of nitrogens with zero attached hydrogens (tertiary/aromatic N) is 2. The van der Waals surface area contributed by atoms with Gasteiger partial charge in [0.2, 0.25) is 5.91 Å². The summed E-state index contributed by atoms with van der Waals surface area (Å²) in [6.07, 6.45) is 1.60. The number of rotatable bonds is 4. The molecule has 0 spiro atoms. The van der Waals surface area contributed by atoms with Crippen LogP contribution in [0.2, 0.25) is 0 Å². The van der Waals surface area contributed by atoms with Crippen LogP contribution in [-0.4, -0.2) is 21.6 Å². The van der Waals surface area contributed by atoms with Gasteiger partial charge in [-0.1, -0.05) is 18.2 Å². The van der Waals surface area contributed by atoms with Gasteiger partial charge in [-0.15, -0.1) is 6.58 Å². The quantitative estimate of drug-likeness (QED) is 0.804. The summed E-state index contributed by atoms with van der Waals surface area (Å²) in [5.74, 6) is -0.201. The molecule has 0 bridgehead atoms. The maximum Gasteiger partial charge on any atom is 0.329 e. The van der Waals surface area contributed by atoms with Crippen LogP contribution in [0.1, 0.15) is 0 Å². The second-order valence-electron chi connectivity index (χ2n) is 4.01. The highest BCUT2D eigenvalue weighted by Crippen LogP contribution is 2.10. The van der Waals surface area contributed by atoms with Gasteiger partial charge < -0.3 is 5.32 Å². The minimum absolute atomic E-state index is 0.0219. The normalized spacial score (nSPS) is 10.5. The Hall–Kier alpha value is -2.30. The number of aromatic nitrogens is 2. The maximum absolute atomic E-state index is 12.0. The number of hydrogen-bond donors (Lipinski definition) is 1. The van der Waals surface area contributed by atoms with Crippen molar-refractivity contribution in [1.29, 1.82) is 0 Å². The summed E-state index contributed by atoms with van der Waals surface area (Å²) < 4.78 is 3.00. The molecule has 0 aliphatic rings. The van der Waals surface area contributed by atoms with Crippen molar-refractivity contribution in [3.63, 3.8) is 0 Å². The van der Waals surface area contributed by atoms with Crippen molar-refractivity contribution in [3.05, 3.63) is 47.4 Å². The van der Waals surface area contributed by atoms with Crippen LogP contribution < -0.4 is 11.0 Å². The highest BCUT2D eigenvalue weighted by atomic mass is 16.2. The molecule has 1 heterocycles. The van der Waals surface area contributed by atoms with Crippen molar-refractivity contribution in [2.45, 2.75) is 6.54 Å². The van der Waals surface area contributed by atoms with Crippen LogP contribution in [-0.2, 0) is 18.4 Å². The Kier molecular flexibility index (Phi) is 3.32. The van der Waals surface area contributed by atoms with Crippen LogP contribution in [0.5, 0.6) is 0 Å². The number of imidazole rings is 1. The highest BCUT2D eigenvalue weighted by molar-refractivity contribution is 5.80. The number of nitrogens with one attached hydrogen (secondary N) is 1. The third-order valence-corrected chi connectivity index (χ3v) is 2.80. The fourth-order valence-electron chi connectivity index (χ4n) is 1.90. The second-order valence-corrected chi connectivity index (χ2v) is 4.01. The van der Waals surface area contributed by atoms with E-state index in [1.54, 1.807) is 13.1 Å². The Morgan fingerprint density at radius 3 is 2.72 bits per heavy atom. The molecule has 0 saturated carbocycles. The minimum Gasteiger partial charge on any atom is -0.351 e. The smallest absolute Gasteiger partial charge is 0.329 e. The predicted molar refractivity (Wildman–Crippen MR) is 70.4 cm³/mol. The molecule has 0 atom stereocenters. The summed E-state index contributed by atoms with van der Waals surface area (Å²) in [6, 6.07) is 7.40. The summed E-state index contributed by atoms with van der Waals surface area (Å²) in [4.78, 5) is 23.7. The summed E-state index contributed by atoms with van der Waals surface area (Å²) in [7, 11) is 1.70. The molecule has 0 unspecified atom stereocenters. The van der Waals surface area contributed by atoms with Crippen LogP contribution in [0.3, 0.4) is 0 Å². The van der Waals surface area contributed by atoms with E-state index >= 15 is 0 Å². The van der Waals surface area contributed by atoms with E-state index < -0.39 is 0 Å². The lowest BCUT2D eigenvalue weighted by Gasteiger charge is -2.03.